The maximum Gasteiger partial charge on any atom is 0.251 e. The lowest BCUT2D eigenvalue weighted by atomic mass is 10.1. The zero-order valence-electron chi connectivity index (χ0n) is 18.5. The Morgan fingerprint density at radius 3 is 2.57 bits per heavy atom. The Kier molecular flexibility index (Phi) is 9.00. The van der Waals surface area contributed by atoms with E-state index in [1.165, 1.54) is 0 Å². The minimum Gasteiger partial charge on any atom is -0.497 e. The first-order valence-corrected chi connectivity index (χ1v) is 10.0. The van der Waals surface area contributed by atoms with Gasteiger partial charge in [-0.2, -0.15) is 0 Å². The molecule has 0 atom stereocenters. The molecule has 2 aromatic carbocycles. The molecule has 0 radical (unpaired) electrons. The summed E-state index contributed by atoms with van der Waals surface area (Å²) in [5.74, 6) is 2.21. The fourth-order valence-electron chi connectivity index (χ4n) is 3.04. The van der Waals surface area contributed by atoms with Crippen LogP contribution in [-0.4, -0.2) is 51.6 Å². The summed E-state index contributed by atoms with van der Waals surface area (Å²) < 4.78 is 10.8. The largest absolute Gasteiger partial charge is 0.497 e. The van der Waals surface area contributed by atoms with Crippen LogP contribution in [0.15, 0.2) is 47.5 Å². The van der Waals surface area contributed by atoms with E-state index in [1.807, 2.05) is 61.3 Å². The number of ether oxygens (including phenoxy) is 2. The maximum absolute atomic E-state index is 12.2. The van der Waals surface area contributed by atoms with Gasteiger partial charge in [0.25, 0.3) is 5.91 Å². The minimum atomic E-state index is -0.0493. The zero-order chi connectivity index (χ0) is 21.9. The van der Waals surface area contributed by atoms with Crippen LogP contribution in [0.2, 0.25) is 0 Å². The predicted molar refractivity (Wildman–Crippen MR) is 120 cm³/mol. The van der Waals surface area contributed by atoms with Gasteiger partial charge in [-0.25, -0.2) is 0 Å². The molecule has 0 saturated heterocycles. The van der Waals surface area contributed by atoms with Gasteiger partial charge in [-0.05, 0) is 36.2 Å². The second-order valence-corrected chi connectivity index (χ2v) is 6.89. The van der Waals surface area contributed by atoms with Gasteiger partial charge in [0.05, 0.1) is 14.2 Å². The highest BCUT2D eigenvalue weighted by Crippen LogP contribution is 2.25. The lowest BCUT2D eigenvalue weighted by molar-refractivity contribution is 0.0953. The van der Waals surface area contributed by atoms with E-state index in [1.54, 1.807) is 21.3 Å². The van der Waals surface area contributed by atoms with E-state index in [-0.39, 0.29) is 5.91 Å². The number of hydrogen-bond donors (Lipinski definition) is 2. The van der Waals surface area contributed by atoms with Gasteiger partial charge in [-0.15, -0.1) is 0 Å². The molecule has 0 aliphatic heterocycles. The van der Waals surface area contributed by atoms with Crippen molar-refractivity contribution in [2.45, 2.75) is 26.4 Å². The van der Waals surface area contributed by atoms with Gasteiger partial charge in [-0.1, -0.05) is 19.1 Å². The maximum atomic E-state index is 12.2. The van der Waals surface area contributed by atoms with Crippen molar-refractivity contribution in [1.29, 1.82) is 0 Å². The first kappa shape index (κ1) is 23.1. The highest BCUT2D eigenvalue weighted by atomic mass is 16.5. The third-order valence-electron chi connectivity index (χ3n) is 4.65. The summed E-state index contributed by atoms with van der Waals surface area (Å²) in [6, 6.07) is 13.4. The van der Waals surface area contributed by atoms with Crippen LogP contribution in [0.5, 0.6) is 11.5 Å². The highest BCUT2D eigenvalue weighted by molar-refractivity contribution is 5.94. The Bertz CT molecular complexity index is 867. The van der Waals surface area contributed by atoms with Gasteiger partial charge < -0.3 is 25.0 Å². The van der Waals surface area contributed by atoms with Crippen molar-refractivity contribution in [1.82, 2.24) is 15.5 Å². The van der Waals surface area contributed by atoms with Gasteiger partial charge in [-0.3, -0.25) is 9.79 Å². The van der Waals surface area contributed by atoms with Crippen LogP contribution in [0.3, 0.4) is 0 Å². The molecule has 7 heteroatoms. The van der Waals surface area contributed by atoms with Crippen LogP contribution in [0.25, 0.3) is 0 Å². The number of methoxy groups -OCH3 is 2. The monoisotopic (exact) mass is 412 g/mol. The quantitative estimate of drug-likeness (QED) is 0.489. The van der Waals surface area contributed by atoms with Crippen molar-refractivity contribution >= 4 is 11.9 Å². The molecule has 2 aromatic rings. The van der Waals surface area contributed by atoms with Crippen LogP contribution in [0.4, 0.5) is 0 Å². The van der Waals surface area contributed by atoms with Gasteiger partial charge in [0.2, 0.25) is 0 Å². The number of nitrogens with one attached hydrogen (secondary N) is 2. The summed E-state index contributed by atoms with van der Waals surface area (Å²) in [6.45, 7) is 3.88. The van der Waals surface area contributed by atoms with Crippen LogP contribution in [0, 0.1) is 0 Å². The summed E-state index contributed by atoms with van der Waals surface area (Å²) in [5.41, 5.74) is 2.70. The summed E-state index contributed by atoms with van der Waals surface area (Å²) in [5, 5.41) is 6.26. The predicted octanol–water partition coefficient (Wildman–Crippen LogP) is 3.05. The number of hydrogen-bond acceptors (Lipinski definition) is 4. The van der Waals surface area contributed by atoms with E-state index in [0.29, 0.717) is 25.2 Å². The smallest absolute Gasteiger partial charge is 0.251 e. The average molecular weight is 413 g/mol. The fraction of sp³-hybridized carbons (Fsp3) is 0.391. The Labute approximate surface area is 179 Å². The van der Waals surface area contributed by atoms with Crippen molar-refractivity contribution in [2.75, 3.05) is 34.9 Å². The Hall–Kier alpha value is -3.22. The molecule has 30 heavy (non-hydrogen) atoms. The van der Waals surface area contributed by atoms with E-state index in [9.17, 15) is 4.79 Å². The molecule has 2 rings (SSSR count). The molecule has 0 aliphatic carbocycles. The fourth-order valence-corrected chi connectivity index (χ4v) is 3.04. The number of benzene rings is 2. The minimum absolute atomic E-state index is 0.0493. The van der Waals surface area contributed by atoms with Crippen molar-refractivity contribution in [3.8, 4) is 11.5 Å². The normalized spacial score (nSPS) is 11.0. The molecule has 0 aliphatic rings. The average Bonchev–Trinajstić information content (AvgIpc) is 2.78. The summed E-state index contributed by atoms with van der Waals surface area (Å²) in [6.07, 6.45) is 0.911. The number of carbonyl (C=O) groups is 1. The third kappa shape index (κ3) is 6.40. The van der Waals surface area contributed by atoms with E-state index >= 15 is 0 Å². The molecule has 0 spiro atoms. The summed E-state index contributed by atoms with van der Waals surface area (Å²) >= 11 is 0. The van der Waals surface area contributed by atoms with Gasteiger partial charge >= 0.3 is 0 Å². The van der Waals surface area contributed by atoms with Gasteiger partial charge in [0.15, 0.2) is 5.96 Å². The Morgan fingerprint density at radius 1 is 1.10 bits per heavy atom. The lowest BCUT2D eigenvalue weighted by Crippen LogP contribution is -2.38. The number of amides is 1. The molecule has 0 heterocycles. The molecule has 2 N–H and O–H groups in total. The zero-order valence-corrected chi connectivity index (χ0v) is 18.5. The molecule has 1 amide bonds. The second-order valence-electron chi connectivity index (χ2n) is 6.89. The van der Waals surface area contributed by atoms with Crippen LogP contribution >= 0.6 is 0 Å². The van der Waals surface area contributed by atoms with E-state index in [2.05, 4.69) is 15.6 Å². The van der Waals surface area contributed by atoms with Crippen molar-refractivity contribution in [3.63, 3.8) is 0 Å². The molecule has 0 saturated carbocycles. The molecule has 7 nitrogen and oxygen atoms in total. The Balaban J connectivity index is 2.02. The number of guanidine groups is 1. The first-order chi connectivity index (χ1) is 14.5. The highest BCUT2D eigenvalue weighted by Gasteiger charge is 2.12. The van der Waals surface area contributed by atoms with E-state index < -0.39 is 0 Å². The van der Waals surface area contributed by atoms with Crippen molar-refractivity contribution in [2.24, 2.45) is 4.99 Å². The van der Waals surface area contributed by atoms with E-state index in [0.717, 1.165) is 35.0 Å². The van der Waals surface area contributed by atoms with Crippen molar-refractivity contribution in [3.05, 3.63) is 59.2 Å². The van der Waals surface area contributed by atoms with Crippen LogP contribution < -0.4 is 20.1 Å². The van der Waals surface area contributed by atoms with E-state index in [4.69, 9.17) is 9.47 Å². The lowest BCUT2D eigenvalue weighted by Gasteiger charge is -2.23. The number of aliphatic imine (C=N–C) groups is 1. The first-order valence-electron chi connectivity index (χ1n) is 10.0. The number of nitrogens with zero attached hydrogens (tertiary/aromatic N) is 2. The summed E-state index contributed by atoms with van der Waals surface area (Å²) in [4.78, 5) is 18.6. The molecule has 0 bridgehead atoms. The SMILES string of the molecule is CCCNC(=O)c1cccc(CNC(=NC)N(C)Cc2ccc(OC)cc2OC)c1. The molecular weight excluding hydrogens is 380 g/mol. The molecule has 162 valence electrons. The van der Waals surface area contributed by atoms with Gasteiger partial charge in [0, 0.05) is 50.9 Å². The number of rotatable bonds is 9. The molecule has 0 fully saturated rings. The van der Waals surface area contributed by atoms with Crippen LogP contribution in [-0.2, 0) is 13.1 Å². The topological polar surface area (TPSA) is 75.2 Å². The van der Waals surface area contributed by atoms with Crippen LogP contribution in [0.1, 0.15) is 34.8 Å². The van der Waals surface area contributed by atoms with Crippen molar-refractivity contribution < 1.29 is 14.3 Å². The third-order valence-corrected chi connectivity index (χ3v) is 4.65. The molecule has 0 unspecified atom stereocenters. The summed E-state index contributed by atoms with van der Waals surface area (Å²) in [7, 11) is 7.00. The standard InChI is InChI=1S/C23H32N4O3/c1-6-12-25-22(28)18-9-7-8-17(13-18)15-26-23(24-2)27(3)16-19-10-11-20(29-4)14-21(19)30-5/h7-11,13-14H,6,12,15-16H2,1-5H3,(H,24,26)(H,25,28). The number of carbonyl (C=O) groups excluding carboxylic acids is 1. The van der Waals surface area contributed by atoms with Gasteiger partial charge in [0.1, 0.15) is 11.5 Å². The molecular formula is C23H32N4O3. The molecule has 0 aromatic heterocycles. The second kappa shape index (κ2) is 11.7. The Morgan fingerprint density at radius 2 is 1.90 bits per heavy atom.